The molecule has 212 valence electrons. The predicted molar refractivity (Wildman–Crippen MR) is 146 cm³/mol. The Hall–Kier alpha value is -2.73. The van der Waals surface area contributed by atoms with Crippen LogP contribution < -0.4 is 5.32 Å². The lowest BCUT2D eigenvalue weighted by molar-refractivity contribution is -0.169. The van der Waals surface area contributed by atoms with Crippen molar-refractivity contribution in [2.45, 2.75) is 62.8 Å². The van der Waals surface area contributed by atoms with E-state index in [9.17, 15) is 39.9 Å². The van der Waals surface area contributed by atoms with Crippen LogP contribution >= 0.6 is 15.9 Å². The monoisotopic (exact) mass is 606 g/mol. The van der Waals surface area contributed by atoms with Gasteiger partial charge in [0.25, 0.3) is 5.91 Å². The SMILES string of the molecule is C[C@@H]1c2cccc(O)c2C(O)=C2C(=O)[C@@]3(O)C(O)=C(C(=O)NC(C)(C)CCCBr)C(=O)[C@H](N(C)C)[C@H]3[C@H](O)[C@H]21. The van der Waals surface area contributed by atoms with Gasteiger partial charge in [-0.3, -0.25) is 19.3 Å². The first kappa shape index (κ1) is 29.3. The first-order valence-corrected chi connectivity index (χ1v) is 14.0. The first-order chi connectivity index (χ1) is 18.1. The van der Waals surface area contributed by atoms with Crippen molar-refractivity contribution in [3.05, 3.63) is 46.2 Å². The number of fused-ring (bicyclic) bond motifs is 3. The van der Waals surface area contributed by atoms with Gasteiger partial charge in [-0.05, 0) is 58.3 Å². The molecule has 6 N–H and O–H groups in total. The number of halogens is 1. The number of phenolic OH excluding ortho intramolecular Hbond substituents is 1. The van der Waals surface area contributed by atoms with Crippen molar-refractivity contribution in [2.75, 3.05) is 19.4 Å². The fourth-order valence-corrected chi connectivity index (χ4v) is 6.78. The Morgan fingerprint density at radius 1 is 1.18 bits per heavy atom. The van der Waals surface area contributed by atoms with E-state index in [1.54, 1.807) is 32.9 Å². The largest absolute Gasteiger partial charge is 0.508 e. The van der Waals surface area contributed by atoms with Crippen LogP contribution in [-0.2, 0) is 14.4 Å². The second-order valence-electron chi connectivity index (χ2n) is 11.6. The lowest BCUT2D eigenvalue weighted by Crippen LogP contribution is -2.70. The van der Waals surface area contributed by atoms with Gasteiger partial charge in [-0.1, -0.05) is 35.0 Å². The third kappa shape index (κ3) is 4.30. The Labute approximate surface area is 235 Å². The number of aromatic hydroxyl groups is 1. The molecule has 10 nitrogen and oxygen atoms in total. The molecule has 1 aromatic carbocycles. The van der Waals surface area contributed by atoms with Gasteiger partial charge in [0.1, 0.15) is 22.8 Å². The Bertz CT molecular complexity index is 1300. The van der Waals surface area contributed by atoms with Gasteiger partial charge in [-0.25, -0.2) is 0 Å². The Balaban J connectivity index is 1.94. The second kappa shape index (κ2) is 10.0. The van der Waals surface area contributed by atoms with E-state index in [1.807, 2.05) is 0 Å². The molecule has 1 fully saturated rings. The number of carbonyl (C=O) groups excluding carboxylic acids is 3. The Morgan fingerprint density at radius 3 is 2.41 bits per heavy atom. The van der Waals surface area contributed by atoms with Crippen LogP contribution in [0.2, 0.25) is 0 Å². The number of hydrogen-bond acceptors (Lipinski definition) is 9. The number of carbonyl (C=O) groups is 3. The average molecular weight is 607 g/mol. The highest BCUT2D eigenvalue weighted by atomic mass is 79.9. The standard InChI is InChI=1S/C28H35BrN2O8/c1-12-13-8-6-9-14(32)16(13)21(33)17-15(12)22(34)19-20(31(4)5)23(35)18(25(37)28(19,39)24(17)36)26(38)30-27(2,3)10-7-11-29/h6,8-9,12,15,19-20,22,32-34,37,39H,7,10-11H2,1-5H3,(H,30,38)/t12-,15+,19+,20-,22-,28-/m1/s1. The number of amides is 1. The third-order valence-electron chi connectivity index (χ3n) is 8.36. The lowest BCUT2D eigenvalue weighted by atomic mass is 9.54. The minimum absolute atomic E-state index is 0.00938. The summed E-state index contributed by atoms with van der Waals surface area (Å²) in [5.74, 6) is -8.24. The molecule has 0 heterocycles. The summed E-state index contributed by atoms with van der Waals surface area (Å²) in [6.45, 7) is 5.20. The highest BCUT2D eigenvalue weighted by Crippen LogP contribution is 2.56. The molecule has 0 unspecified atom stereocenters. The lowest BCUT2D eigenvalue weighted by Gasteiger charge is -2.53. The smallest absolute Gasteiger partial charge is 0.258 e. The number of aliphatic hydroxyl groups excluding tert-OH is 3. The van der Waals surface area contributed by atoms with Crippen LogP contribution in [0.1, 0.15) is 50.7 Å². The first-order valence-electron chi connectivity index (χ1n) is 12.8. The molecule has 1 amide bonds. The number of benzene rings is 1. The third-order valence-corrected chi connectivity index (χ3v) is 8.92. The number of nitrogens with zero attached hydrogens (tertiary/aromatic N) is 1. The fraction of sp³-hybridized carbons (Fsp3) is 0.536. The highest BCUT2D eigenvalue weighted by Gasteiger charge is 2.68. The molecule has 0 aromatic heterocycles. The number of aliphatic hydroxyl groups is 4. The Kier molecular flexibility index (Phi) is 7.52. The zero-order chi connectivity index (χ0) is 29.2. The van der Waals surface area contributed by atoms with Crippen LogP contribution in [0, 0.1) is 11.8 Å². The van der Waals surface area contributed by atoms with Crippen molar-refractivity contribution in [3.8, 4) is 5.75 Å². The van der Waals surface area contributed by atoms with Gasteiger partial charge in [-0.15, -0.1) is 0 Å². The summed E-state index contributed by atoms with van der Waals surface area (Å²) in [5, 5.41) is 60.1. The molecular formula is C28H35BrN2O8. The molecule has 0 bridgehead atoms. The molecule has 3 aliphatic carbocycles. The number of ketones is 2. The minimum Gasteiger partial charge on any atom is -0.508 e. The van der Waals surface area contributed by atoms with E-state index in [4.69, 9.17) is 0 Å². The molecule has 0 aliphatic heterocycles. The predicted octanol–water partition coefficient (Wildman–Crippen LogP) is 2.08. The molecule has 39 heavy (non-hydrogen) atoms. The van der Waals surface area contributed by atoms with Gasteiger partial charge >= 0.3 is 0 Å². The summed E-state index contributed by atoms with van der Waals surface area (Å²) in [6, 6.07) is 3.21. The number of phenols is 1. The number of nitrogens with one attached hydrogen (secondary N) is 1. The van der Waals surface area contributed by atoms with Crippen LogP contribution in [-0.4, -0.2) is 90.6 Å². The number of Topliss-reactive ketones (excluding diaryl/α,β-unsaturated/α-hetero) is 2. The van der Waals surface area contributed by atoms with Gasteiger partial charge in [0.05, 0.1) is 23.6 Å². The molecule has 1 aromatic rings. The van der Waals surface area contributed by atoms with E-state index < -0.39 is 75.6 Å². The van der Waals surface area contributed by atoms with E-state index in [0.717, 1.165) is 0 Å². The average Bonchev–Trinajstić information content (AvgIpc) is 2.84. The summed E-state index contributed by atoms with van der Waals surface area (Å²) in [4.78, 5) is 42.7. The van der Waals surface area contributed by atoms with Gasteiger partial charge in [0.15, 0.2) is 11.4 Å². The van der Waals surface area contributed by atoms with Gasteiger partial charge in [0.2, 0.25) is 5.78 Å². The molecule has 4 rings (SSSR count). The minimum atomic E-state index is -2.89. The summed E-state index contributed by atoms with van der Waals surface area (Å²) < 4.78 is 0. The maximum atomic E-state index is 14.1. The second-order valence-corrected chi connectivity index (χ2v) is 12.3. The summed E-state index contributed by atoms with van der Waals surface area (Å²) >= 11 is 3.34. The van der Waals surface area contributed by atoms with Crippen LogP contribution in [0.25, 0.3) is 5.76 Å². The number of likely N-dealkylation sites (N-methyl/N-ethyl adjacent to an activating group) is 1. The van der Waals surface area contributed by atoms with E-state index in [1.165, 1.54) is 25.1 Å². The van der Waals surface area contributed by atoms with Crippen LogP contribution in [0.4, 0.5) is 0 Å². The molecular weight excluding hydrogens is 572 g/mol. The topological polar surface area (TPSA) is 168 Å². The van der Waals surface area contributed by atoms with Crippen LogP contribution in [0.5, 0.6) is 5.75 Å². The summed E-state index contributed by atoms with van der Waals surface area (Å²) in [6.07, 6.45) is -0.337. The van der Waals surface area contributed by atoms with Crippen molar-refractivity contribution < 1.29 is 39.9 Å². The van der Waals surface area contributed by atoms with E-state index in [-0.39, 0.29) is 16.9 Å². The van der Waals surface area contributed by atoms with Crippen molar-refractivity contribution in [1.82, 2.24) is 10.2 Å². The molecule has 0 radical (unpaired) electrons. The van der Waals surface area contributed by atoms with Gasteiger partial charge < -0.3 is 30.8 Å². The summed E-state index contributed by atoms with van der Waals surface area (Å²) in [7, 11) is 3.02. The van der Waals surface area contributed by atoms with Crippen molar-refractivity contribution in [2.24, 2.45) is 11.8 Å². The zero-order valence-electron chi connectivity index (χ0n) is 22.5. The van der Waals surface area contributed by atoms with Gasteiger partial charge in [0, 0.05) is 22.4 Å². The van der Waals surface area contributed by atoms with Crippen molar-refractivity contribution in [1.29, 1.82) is 0 Å². The maximum absolute atomic E-state index is 14.1. The van der Waals surface area contributed by atoms with E-state index in [2.05, 4.69) is 21.2 Å². The maximum Gasteiger partial charge on any atom is 0.258 e. The molecule has 1 saturated carbocycles. The van der Waals surface area contributed by atoms with Crippen molar-refractivity contribution in [3.63, 3.8) is 0 Å². The zero-order valence-corrected chi connectivity index (χ0v) is 24.1. The molecule has 3 aliphatic rings. The molecule has 6 atom stereocenters. The van der Waals surface area contributed by atoms with Crippen LogP contribution in [0.15, 0.2) is 35.1 Å². The molecule has 11 heteroatoms. The normalized spacial score (nSPS) is 30.7. The quantitative estimate of drug-likeness (QED) is 0.210. The van der Waals surface area contributed by atoms with Crippen molar-refractivity contribution >= 4 is 39.2 Å². The van der Waals surface area contributed by atoms with Gasteiger partial charge in [-0.2, -0.15) is 0 Å². The number of rotatable bonds is 6. The molecule has 0 spiro atoms. The fourth-order valence-electron chi connectivity index (χ4n) is 6.50. The number of alkyl halides is 1. The van der Waals surface area contributed by atoms with Crippen LogP contribution in [0.3, 0.4) is 0 Å². The number of hydrogen-bond donors (Lipinski definition) is 6. The van der Waals surface area contributed by atoms with E-state index >= 15 is 0 Å². The summed E-state index contributed by atoms with van der Waals surface area (Å²) in [5.41, 5.74) is -4.36. The van der Waals surface area contributed by atoms with E-state index in [0.29, 0.717) is 23.7 Å². The Morgan fingerprint density at radius 2 is 1.82 bits per heavy atom. The highest BCUT2D eigenvalue weighted by molar-refractivity contribution is 9.09. The molecule has 0 saturated heterocycles.